The maximum Gasteiger partial charge on any atom is 0.227 e. The van der Waals surface area contributed by atoms with Crippen LogP contribution in [0.4, 0.5) is 14.5 Å². The normalized spacial score (nSPS) is 13.8. The number of carbonyl (C=O) groups excluding carboxylic acids is 1. The van der Waals surface area contributed by atoms with Gasteiger partial charge in [-0.1, -0.05) is 12.1 Å². The Morgan fingerprint density at radius 2 is 2.08 bits per heavy atom. The zero-order valence-corrected chi connectivity index (χ0v) is 15.0. The molecule has 1 aliphatic heterocycles. The van der Waals surface area contributed by atoms with Crippen LogP contribution in [-0.4, -0.2) is 17.4 Å². The van der Waals surface area contributed by atoms with Crippen LogP contribution in [0.25, 0.3) is 10.2 Å². The van der Waals surface area contributed by atoms with Gasteiger partial charge >= 0.3 is 0 Å². The summed E-state index contributed by atoms with van der Waals surface area (Å²) >= 11 is 1.64. The SMILES string of the molecule is O=C(CCCc1nc2ccccc2s1)N1CCCc2cc(F)cc(F)c21. The second-order valence-corrected chi connectivity index (χ2v) is 7.59. The Balaban J connectivity index is 1.43. The van der Waals surface area contributed by atoms with Crippen molar-refractivity contribution >= 4 is 33.1 Å². The largest absolute Gasteiger partial charge is 0.309 e. The number of nitrogens with zero attached hydrogens (tertiary/aromatic N) is 2. The lowest BCUT2D eigenvalue weighted by molar-refractivity contribution is -0.118. The molecule has 0 radical (unpaired) electrons. The van der Waals surface area contributed by atoms with Gasteiger partial charge in [0, 0.05) is 19.0 Å². The third-order valence-corrected chi connectivity index (χ3v) is 5.72. The van der Waals surface area contributed by atoms with Crippen LogP contribution in [0.5, 0.6) is 0 Å². The van der Waals surface area contributed by atoms with Crippen molar-refractivity contribution in [3.8, 4) is 0 Å². The highest BCUT2D eigenvalue weighted by atomic mass is 32.1. The van der Waals surface area contributed by atoms with Crippen LogP contribution in [0.15, 0.2) is 36.4 Å². The van der Waals surface area contributed by atoms with Crippen LogP contribution >= 0.6 is 11.3 Å². The summed E-state index contributed by atoms with van der Waals surface area (Å²) in [6.07, 6.45) is 3.02. The Morgan fingerprint density at radius 3 is 2.92 bits per heavy atom. The number of aromatic nitrogens is 1. The van der Waals surface area contributed by atoms with E-state index in [4.69, 9.17) is 0 Å². The van der Waals surface area contributed by atoms with Crippen LogP contribution in [0, 0.1) is 11.6 Å². The quantitative estimate of drug-likeness (QED) is 0.654. The number of aryl methyl sites for hydroxylation is 2. The first kappa shape index (κ1) is 17.1. The lowest BCUT2D eigenvalue weighted by atomic mass is 10.0. The van der Waals surface area contributed by atoms with Crippen LogP contribution in [-0.2, 0) is 17.6 Å². The Kier molecular flexibility index (Phi) is 4.68. The van der Waals surface area contributed by atoms with Gasteiger partial charge in [-0.25, -0.2) is 13.8 Å². The maximum atomic E-state index is 14.2. The van der Waals surface area contributed by atoms with Crippen molar-refractivity contribution in [1.82, 2.24) is 4.98 Å². The van der Waals surface area contributed by atoms with Crippen LogP contribution in [0.1, 0.15) is 29.8 Å². The fourth-order valence-corrected chi connectivity index (χ4v) is 4.46. The van der Waals surface area contributed by atoms with E-state index in [1.54, 1.807) is 11.3 Å². The summed E-state index contributed by atoms with van der Waals surface area (Å²) in [5.74, 6) is -1.36. The molecule has 2 heterocycles. The Hall–Kier alpha value is -2.34. The van der Waals surface area contributed by atoms with Gasteiger partial charge in [0.1, 0.15) is 11.6 Å². The average molecular weight is 372 g/mol. The van der Waals surface area contributed by atoms with Gasteiger partial charge in [0.25, 0.3) is 0 Å². The van der Waals surface area contributed by atoms with E-state index in [2.05, 4.69) is 4.98 Å². The number of hydrogen-bond acceptors (Lipinski definition) is 3. The predicted octanol–water partition coefficient (Wildman–Crippen LogP) is 4.88. The van der Waals surface area contributed by atoms with Gasteiger partial charge in [0.2, 0.25) is 5.91 Å². The summed E-state index contributed by atoms with van der Waals surface area (Å²) < 4.78 is 28.8. The third kappa shape index (κ3) is 3.33. The van der Waals surface area contributed by atoms with Crippen molar-refractivity contribution in [1.29, 1.82) is 0 Å². The van der Waals surface area contributed by atoms with Crippen molar-refractivity contribution in [2.75, 3.05) is 11.4 Å². The smallest absolute Gasteiger partial charge is 0.227 e. The molecule has 3 nitrogen and oxygen atoms in total. The zero-order valence-electron chi connectivity index (χ0n) is 14.2. The Labute approximate surface area is 154 Å². The summed E-state index contributed by atoms with van der Waals surface area (Å²) in [4.78, 5) is 18.7. The van der Waals surface area contributed by atoms with Gasteiger partial charge in [-0.05, 0) is 49.4 Å². The molecule has 0 saturated heterocycles. The minimum atomic E-state index is -0.653. The summed E-state index contributed by atoms with van der Waals surface area (Å²) in [6, 6.07) is 10.1. The maximum absolute atomic E-state index is 14.2. The molecule has 1 aromatic heterocycles. The van der Waals surface area contributed by atoms with Crippen molar-refractivity contribution in [3.05, 3.63) is 58.6 Å². The van der Waals surface area contributed by atoms with E-state index in [0.29, 0.717) is 31.4 Å². The number of rotatable bonds is 4. The van der Waals surface area contributed by atoms with Gasteiger partial charge < -0.3 is 4.90 Å². The molecular weight excluding hydrogens is 354 g/mol. The number of fused-ring (bicyclic) bond motifs is 2. The highest BCUT2D eigenvalue weighted by molar-refractivity contribution is 7.18. The molecule has 0 fully saturated rings. The minimum absolute atomic E-state index is 0.113. The van der Waals surface area contributed by atoms with E-state index in [1.165, 1.54) is 11.0 Å². The molecule has 26 heavy (non-hydrogen) atoms. The van der Waals surface area contributed by atoms with E-state index in [0.717, 1.165) is 34.1 Å². The number of halogens is 2. The molecule has 2 aromatic carbocycles. The highest BCUT2D eigenvalue weighted by Crippen LogP contribution is 2.32. The average Bonchev–Trinajstić information content (AvgIpc) is 3.03. The third-order valence-electron chi connectivity index (χ3n) is 4.63. The van der Waals surface area contributed by atoms with E-state index in [-0.39, 0.29) is 11.6 Å². The standard InChI is InChI=1S/C20H18F2N2OS/c21-14-11-13-5-4-10-24(20(13)15(22)12-14)19(25)9-3-8-18-23-16-6-1-2-7-17(16)26-18/h1-2,6-7,11-12H,3-5,8-10H2. The van der Waals surface area contributed by atoms with Crippen LogP contribution in [0.3, 0.4) is 0 Å². The zero-order chi connectivity index (χ0) is 18.1. The van der Waals surface area contributed by atoms with Gasteiger partial charge in [0.05, 0.1) is 20.9 Å². The fraction of sp³-hybridized carbons (Fsp3) is 0.300. The lowest BCUT2D eigenvalue weighted by Crippen LogP contribution is -2.36. The lowest BCUT2D eigenvalue weighted by Gasteiger charge is -2.30. The first-order chi connectivity index (χ1) is 12.6. The van der Waals surface area contributed by atoms with Gasteiger partial charge in [-0.15, -0.1) is 11.3 Å². The predicted molar refractivity (Wildman–Crippen MR) is 99.6 cm³/mol. The summed E-state index contributed by atoms with van der Waals surface area (Å²) in [6.45, 7) is 0.482. The van der Waals surface area contributed by atoms with Gasteiger partial charge in [-0.2, -0.15) is 0 Å². The molecule has 0 atom stereocenters. The molecule has 3 aromatic rings. The van der Waals surface area contributed by atoms with E-state index >= 15 is 0 Å². The summed E-state index contributed by atoms with van der Waals surface area (Å²) in [5, 5.41) is 1.01. The second kappa shape index (κ2) is 7.11. The Morgan fingerprint density at radius 1 is 1.23 bits per heavy atom. The fourth-order valence-electron chi connectivity index (χ4n) is 3.45. The first-order valence-electron chi connectivity index (χ1n) is 8.74. The molecule has 4 rings (SSSR count). The molecular formula is C20H18F2N2OS. The van der Waals surface area contributed by atoms with Crippen molar-refractivity contribution in [3.63, 3.8) is 0 Å². The monoisotopic (exact) mass is 372 g/mol. The molecule has 1 aliphatic rings. The van der Waals surface area contributed by atoms with E-state index in [1.807, 2.05) is 24.3 Å². The van der Waals surface area contributed by atoms with Crippen molar-refractivity contribution in [2.24, 2.45) is 0 Å². The highest BCUT2D eigenvalue weighted by Gasteiger charge is 2.26. The number of hydrogen-bond donors (Lipinski definition) is 0. The number of thiazole rings is 1. The number of para-hydroxylation sites is 1. The number of anilines is 1. The Bertz CT molecular complexity index is 937. The van der Waals surface area contributed by atoms with E-state index in [9.17, 15) is 13.6 Å². The first-order valence-corrected chi connectivity index (χ1v) is 9.56. The van der Waals surface area contributed by atoms with Gasteiger partial charge in [0.15, 0.2) is 0 Å². The molecule has 0 bridgehead atoms. The molecule has 0 saturated carbocycles. The number of benzene rings is 2. The van der Waals surface area contributed by atoms with Crippen LogP contribution in [0.2, 0.25) is 0 Å². The second-order valence-electron chi connectivity index (χ2n) is 6.47. The van der Waals surface area contributed by atoms with Gasteiger partial charge in [-0.3, -0.25) is 4.79 Å². The van der Waals surface area contributed by atoms with Crippen molar-refractivity contribution in [2.45, 2.75) is 32.1 Å². The van der Waals surface area contributed by atoms with Crippen molar-refractivity contribution < 1.29 is 13.6 Å². The summed E-state index contributed by atoms with van der Waals surface area (Å²) in [7, 11) is 0. The molecule has 0 N–H and O–H groups in total. The molecule has 6 heteroatoms. The number of amides is 1. The molecule has 0 spiro atoms. The minimum Gasteiger partial charge on any atom is -0.309 e. The summed E-state index contributed by atoms with van der Waals surface area (Å²) in [5.41, 5.74) is 1.81. The topological polar surface area (TPSA) is 33.2 Å². The van der Waals surface area contributed by atoms with E-state index < -0.39 is 11.6 Å². The number of carbonyl (C=O) groups is 1. The van der Waals surface area contributed by atoms with Crippen LogP contribution < -0.4 is 4.90 Å². The molecule has 1 amide bonds. The molecule has 134 valence electrons. The molecule has 0 aliphatic carbocycles. The molecule has 0 unspecified atom stereocenters.